The van der Waals surface area contributed by atoms with Gasteiger partial charge in [-0.05, 0) is 27.0 Å². The van der Waals surface area contributed by atoms with Crippen molar-refractivity contribution in [1.29, 1.82) is 0 Å². The minimum atomic E-state index is -2.86. The van der Waals surface area contributed by atoms with E-state index in [-0.39, 0.29) is 12.1 Å². The van der Waals surface area contributed by atoms with Crippen molar-refractivity contribution in [3.63, 3.8) is 0 Å². The first-order valence-corrected chi connectivity index (χ1v) is 10.2. The van der Waals surface area contributed by atoms with Crippen molar-refractivity contribution in [1.82, 2.24) is 19.9 Å². The number of nitrogens with zero attached hydrogens (tertiary/aromatic N) is 5. The lowest BCUT2D eigenvalue weighted by atomic mass is 10.1. The number of halogens is 3. The Morgan fingerprint density at radius 3 is 2.52 bits per heavy atom. The number of hydrogen-bond donors (Lipinski definition) is 1. The number of alkyl halides is 2. The van der Waals surface area contributed by atoms with Crippen molar-refractivity contribution in [2.24, 2.45) is 0 Å². The zero-order chi connectivity index (χ0) is 22.1. The third kappa shape index (κ3) is 4.41. The monoisotopic (exact) mass is 430 g/mol. The lowest BCUT2D eigenvalue weighted by molar-refractivity contribution is 0.146. The lowest BCUT2D eigenvalue weighted by Crippen LogP contribution is -2.44. The maximum atomic E-state index is 14.4. The highest BCUT2D eigenvalue weighted by atomic mass is 19.3. The van der Waals surface area contributed by atoms with E-state index < -0.39 is 17.8 Å². The Morgan fingerprint density at radius 1 is 1.06 bits per heavy atom. The van der Waals surface area contributed by atoms with Gasteiger partial charge in [-0.1, -0.05) is 18.2 Å². The van der Waals surface area contributed by atoms with Crippen LogP contribution in [0.4, 0.5) is 24.7 Å². The van der Waals surface area contributed by atoms with Crippen molar-refractivity contribution in [2.75, 3.05) is 43.4 Å². The highest BCUT2D eigenvalue weighted by Crippen LogP contribution is 2.29. The minimum Gasteiger partial charge on any atom is -0.367 e. The van der Waals surface area contributed by atoms with Gasteiger partial charge in [-0.3, -0.25) is 0 Å². The molecule has 9 heteroatoms. The normalized spacial score (nSPS) is 15.1. The van der Waals surface area contributed by atoms with Crippen LogP contribution in [0.5, 0.6) is 0 Å². The summed E-state index contributed by atoms with van der Waals surface area (Å²) in [5.74, 6) is 0.135. The van der Waals surface area contributed by atoms with E-state index >= 15 is 0 Å². The number of fused-ring (bicyclic) bond motifs is 1. The van der Waals surface area contributed by atoms with E-state index in [0.717, 1.165) is 49.0 Å². The fourth-order valence-corrected chi connectivity index (χ4v) is 3.83. The maximum Gasteiger partial charge on any atom is 0.266 e. The molecule has 164 valence electrons. The molecule has 0 bridgehead atoms. The summed E-state index contributed by atoms with van der Waals surface area (Å²) in [6.07, 6.45) is -2.86. The molecular weight excluding hydrogens is 405 g/mol. The standard InChI is InChI=1S/C22H25F3N6/c1-13-18(31-9-7-30(3)8-10-31)11-17-21(28-14(2)29-22(17)27-13)26-12-15-5-4-6-16(19(15)23)20(24)25/h4-6,11,20H,7-10,12H2,1-3H3,(H,26,27,28,29). The van der Waals surface area contributed by atoms with Crippen LogP contribution in [0.3, 0.4) is 0 Å². The Balaban J connectivity index is 1.67. The van der Waals surface area contributed by atoms with Crippen LogP contribution in [0.1, 0.15) is 29.1 Å². The summed E-state index contributed by atoms with van der Waals surface area (Å²) in [7, 11) is 2.10. The predicted molar refractivity (Wildman–Crippen MR) is 115 cm³/mol. The van der Waals surface area contributed by atoms with E-state index in [1.54, 1.807) is 6.92 Å². The fraction of sp³-hybridized carbons (Fsp3) is 0.409. The summed E-state index contributed by atoms with van der Waals surface area (Å²) in [4.78, 5) is 18.2. The molecule has 4 rings (SSSR count). The van der Waals surface area contributed by atoms with Gasteiger partial charge in [-0.25, -0.2) is 28.1 Å². The molecule has 1 saturated heterocycles. The number of piperazine rings is 1. The second kappa shape index (κ2) is 8.66. The van der Waals surface area contributed by atoms with Crippen LogP contribution in [-0.2, 0) is 6.54 Å². The quantitative estimate of drug-likeness (QED) is 0.658. The Labute approximate surface area is 179 Å². The molecule has 0 amide bonds. The molecule has 31 heavy (non-hydrogen) atoms. The summed E-state index contributed by atoms with van der Waals surface area (Å²) in [6.45, 7) is 7.46. The third-order valence-corrected chi connectivity index (χ3v) is 5.60. The number of rotatable bonds is 5. The molecule has 3 heterocycles. The molecule has 3 aromatic rings. The van der Waals surface area contributed by atoms with Crippen molar-refractivity contribution in [3.05, 3.63) is 52.7 Å². The SMILES string of the molecule is Cc1nc(NCc2cccc(C(F)F)c2F)c2cc(N3CCN(C)CC3)c(C)nc2n1. The van der Waals surface area contributed by atoms with Gasteiger partial charge in [0.05, 0.1) is 22.3 Å². The van der Waals surface area contributed by atoms with Gasteiger partial charge in [0.1, 0.15) is 17.5 Å². The van der Waals surface area contributed by atoms with E-state index in [0.29, 0.717) is 17.3 Å². The summed E-state index contributed by atoms with van der Waals surface area (Å²) >= 11 is 0. The average Bonchev–Trinajstić information content (AvgIpc) is 2.72. The number of hydrogen-bond acceptors (Lipinski definition) is 6. The van der Waals surface area contributed by atoms with Crippen LogP contribution in [0.25, 0.3) is 11.0 Å². The van der Waals surface area contributed by atoms with Gasteiger partial charge in [0, 0.05) is 38.3 Å². The van der Waals surface area contributed by atoms with E-state index in [4.69, 9.17) is 0 Å². The minimum absolute atomic E-state index is 0.0235. The van der Waals surface area contributed by atoms with Crippen LogP contribution >= 0.6 is 0 Å². The van der Waals surface area contributed by atoms with Crippen LogP contribution in [0.2, 0.25) is 0 Å². The summed E-state index contributed by atoms with van der Waals surface area (Å²) in [6, 6.07) is 6.03. The van der Waals surface area contributed by atoms with Gasteiger partial charge in [-0.2, -0.15) is 0 Å². The van der Waals surface area contributed by atoms with Gasteiger partial charge in [0.15, 0.2) is 5.65 Å². The topological polar surface area (TPSA) is 57.2 Å². The van der Waals surface area contributed by atoms with Crippen LogP contribution in [0.15, 0.2) is 24.3 Å². The predicted octanol–water partition coefficient (Wildman–Crippen LogP) is 4.08. The second-order valence-electron chi connectivity index (χ2n) is 7.85. The molecule has 1 aliphatic heterocycles. The van der Waals surface area contributed by atoms with E-state index in [2.05, 4.69) is 37.1 Å². The van der Waals surface area contributed by atoms with Gasteiger partial charge >= 0.3 is 0 Å². The number of aryl methyl sites for hydroxylation is 2. The molecule has 0 radical (unpaired) electrons. The fourth-order valence-electron chi connectivity index (χ4n) is 3.83. The highest BCUT2D eigenvalue weighted by Gasteiger charge is 2.20. The molecule has 1 fully saturated rings. The number of likely N-dealkylation sites (N-methyl/N-ethyl adjacent to an activating group) is 1. The van der Waals surface area contributed by atoms with E-state index in [1.165, 1.54) is 12.1 Å². The largest absolute Gasteiger partial charge is 0.367 e. The molecule has 0 unspecified atom stereocenters. The Morgan fingerprint density at radius 2 is 1.81 bits per heavy atom. The molecule has 0 spiro atoms. The van der Waals surface area contributed by atoms with E-state index in [1.807, 2.05) is 13.0 Å². The second-order valence-corrected chi connectivity index (χ2v) is 7.85. The highest BCUT2D eigenvalue weighted by molar-refractivity contribution is 5.89. The van der Waals surface area contributed by atoms with Crippen molar-refractivity contribution < 1.29 is 13.2 Å². The molecule has 1 N–H and O–H groups in total. The van der Waals surface area contributed by atoms with Gasteiger partial charge in [-0.15, -0.1) is 0 Å². The number of benzene rings is 1. The maximum absolute atomic E-state index is 14.4. The molecule has 0 aliphatic carbocycles. The molecule has 0 saturated carbocycles. The molecule has 0 atom stereocenters. The number of aromatic nitrogens is 3. The lowest BCUT2D eigenvalue weighted by Gasteiger charge is -2.34. The Bertz CT molecular complexity index is 1100. The smallest absolute Gasteiger partial charge is 0.266 e. The van der Waals surface area contributed by atoms with Crippen LogP contribution in [0, 0.1) is 19.7 Å². The third-order valence-electron chi connectivity index (χ3n) is 5.60. The van der Waals surface area contributed by atoms with Gasteiger partial charge in [0.25, 0.3) is 6.43 Å². The Hall–Kier alpha value is -2.94. The molecule has 1 aliphatic rings. The first kappa shape index (κ1) is 21.3. The first-order chi connectivity index (χ1) is 14.8. The van der Waals surface area contributed by atoms with Crippen molar-refractivity contribution in [2.45, 2.75) is 26.8 Å². The van der Waals surface area contributed by atoms with Gasteiger partial charge in [0.2, 0.25) is 0 Å². The molecule has 1 aromatic carbocycles. The first-order valence-electron chi connectivity index (χ1n) is 10.2. The van der Waals surface area contributed by atoms with Crippen molar-refractivity contribution in [3.8, 4) is 0 Å². The van der Waals surface area contributed by atoms with Crippen LogP contribution in [-0.4, -0.2) is 53.1 Å². The molecular formula is C22H25F3N6. The van der Waals surface area contributed by atoms with Crippen LogP contribution < -0.4 is 10.2 Å². The zero-order valence-electron chi connectivity index (χ0n) is 17.8. The number of pyridine rings is 1. The van der Waals surface area contributed by atoms with E-state index in [9.17, 15) is 13.2 Å². The summed E-state index contributed by atoms with van der Waals surface area (Å²) < 4.78 is 40.5. The number of nitrogens with one attached hydrogen (secondary N) is 1. The average molecular weight is 430 g/mol. The molecule has 2 aromatic heterocycles. The summed E-state index contributed by atoms with van der Waals surface area (Å²) in [5.41, 5.74) is 2.00. The van der Waals surface area contributed by atoms with Crippen molar-refractivity contribution >= 4 is 22.5 Å². The Kier molecular flexibility index (Phi) is 5.95. The zero-order valence-corrected chi connectivity index (χ0v) is 17.8. The number of anilines is 2. The summed E-state index contributed by atoms with van der Waals surface area (Å²) in [5, 5.41) is 3.82. The van der Waals surface area contributed by atoms with Gasteiger partial charge < -0.3 is 15.1 Å². The molecule has 6 nitrogen and oxygen atoms in total.